The third-order valence-corrected chi connectivity index (χ3v) is 5.56. The van der Waals surface area contributed by atoms with Gasteiger partial charge in [-0.25, -0.2) is 4.79 Å². The molecule has 0 saturated carbocycles. The Hall–Kier alpha value is -3.94. The van der Waals surface area contributed by atoms with Crippen LogP contribution in [0.1, 0.15) is 23.3 Å². The summed E-state index contributed by atoms with van der Waals surface area (Å²) >= 11 is 0. The first-order valence-electron chi connectivity index (χ1n) is 10.4. The summed E-state index contributed by atoms with van der Waals surface area (Å²) in [6, 6.07) is 17.7. The summed E-state index contributed by atoms with van der Waals surface area (Å²) in [5.74, 6) is -1.33. The van der Waals surface area contributed by atoms with Crippen molar-refractivity contribution in [2.75, 3.05) is 25.0 Å². The predicted molar refractivity (Wildman–Crippen MR) is 119 cm³/mol. The van der Waals surface area contributed by atoms with E-state index in [9.17, 15) is 19.2 Å². The number of carbonyl (C=O) groups excluding carboxylic acids is 3. The minimum absolute atomic E-state index is 0.00205. The van der Waals surface area contributed by atoms with Crippen molar-refractivity contribution < 1.29 is 19.1 Å². The Kier molecular flexibility index (Phi) is 6.30. The molecule has 1 aromatic heterocycles. The molecule has 1 fully saturated rings. The highest BCUT2D eigenvalue weighted by Gasteiger charge is 2.28. The fourth-order valence-corrected chi connectivity index (χ4v) is 3.77. The van der Waals surface area contributed by atoms with Crippen LogP contribution in [0.2, 0.25) is 0 Å². The number of hydrogen-bond acceptors (Lipinski definition) is 5. The van der Waals surface area contributed by atoms with Gasteiger partial charge in [0.1, 0.15) is 5.69 Å². The van der Waals surface area contributed by atoms with Crippen LogP contribution in [-0.2, 0) is 14.3 Å². The van der Waals surface area contributed by atoms with Crippen LogP contribution >= 0.6 is 0 Å². The molecule has 0 radical (unpaired) electrons. The Morgan fingerprint density at radius 3 is 2.44 bits per heavy atom. The molecule has 32 heavy (non-hydrogen) atoms. The summed E-state index contributed by atoms with van der Waals surface area (Å²) in [7, 11) is 0. The van der Waals surface area contributed by atoms with Gasteiger partial charge in [0.05, 0.1) is 0 Å². The lowest BCUT2D eigenvalue weighted by atomic mass is 9.95. The molecule has 2 amide bonds. The number of hydrogen-bond donors (Lipinski definition) is 2. The molecule has 0 aliphatic carbocycles. The molecule has 4 rings (SSSR count). The molecule has 0 unspecified atom stereocenters. The molecule has 3 aromatic rings. The molecule has 8 heteroatoms. The third-order valence-electron chi connectivity index (χ3n) is 5.56. The van der Waals surface area contributed by atoms with Crippen molar-refractivity contribution in [2.45, 2.75) is 12.8 Å². The highest BCUT2D eigenvalue weighted by Crippen LogP contribution is 2.20. The number of carbonyl (C=O) groups is 3. The number of benzene rings is 2. The molecule has 8 nitrogen and oxygen atoms in total. The average Bonchev–Trinajstić information content (AvgIpc) is 2.83. The van der Waals surface area contributed by atoms with Crippen molar-refractivity contribution in [3.05, 3.63) is 76.7 Å². The second-order valence-electron chi connectivity index (χ2n) is 7.69. The van der Waals surface area contributed by atoms with Gasteiger partial charge in [-0.1, -0.05) is 36.4 Å². The van der Waals surface area contributed by atoms with Gasteiger partial charge in [0.25, 0.3) is 11.5 Å². The number of para-hydroxylation sites is 1. The van der Waals surface area contributed by atoms with Crippen LogP contribution in [0.4, 0.5) is 5.69 Å². The maximum absolute atomic E-state index is 12.5. The maximum atomic E-state index is 12.5. The number of nitrogens with zero attached hydrogens (tertiary/aromatic N) is 1. The van der Waals surface area contributed by atoms with E-state index in [1.807, 2.05) is 30.3 Å². The molecule has 1 saturated heterocycles. The minimum Gasteiger partial charge on any atom is -0.451 e. The number of esters is 1. The quantitative estimate of drug-likeness (QED) is 0.601. The van der Waals surface area contributed by atoms with Crippen molar-refractivity contribution in [3.63, 3.8) is 0 Å². The second kappa shape index (κ2) is 9.47. The largest absolute Gasteiger partial charge is 0.451 e. The second-order valence-corrected chi connectivity index (χ2v) is 7.69. The van der Waals surface area contributed by atoms with E-state index < -0.39 is 18.1 Å². The van der Waals surface area contributed by atoms with Crippen molar-refractivity contribution in [1.82, 2.24) is 9.88 Å². The van der Waals surface area contributed by atoms with Crippen LogP contribution in [0.3, 0.4) is 0 Å². The number of amides is 2. The Labute approximate surface area is 184 Å². The molecular formula is C24H23N3O5. The summed E-state index contributed by atoms with van der Waals surface area (Å²) in [5, 5.41) is 3.98. The van der Waals surface area contributed by atoms with Gasteiger partial charge in [0, 0.05) is 30.1 Å². The molecule has 0 bridgehead atoms. The monoisotopic (exact) mass is 433 g/mol. The summed E-state index contributed by atoms with van der Waals surface area (Å²) in [4.78, 5) is 53.4. The van der Waals surface area contributed by atoms with E-state index in [0.29, 0.717) is 36.7 Å². The van der Waals surface area contributed by atoms with Gasteiger partial charge < -0.3 is 19.9 Å². The number of aromatic nitrogens is 1. The van der Waals surface area contributed by atoms with E-state index in [2.05, 4.69) is 10.3 Å². The molecule has 1 aliphatic rings. The summed E-state index contributed by atoms with van der Waals surface area (Å²) in [6.07, 6.45) is 1.08. The summed E-state index contributed by atoms with van der Waals surface area (Å²) in [6.45, 7) is 0.403. The number of aromatic amines is 1. The maximum Gasteiger partial charge on any atom is 0.355 e. The smallest absolute Gasteiger partial charge is 0.355 e. The predicted octanol–water partition coefficient (Wildman–Crippen LogP) is 2.56. The average molecular weight is 433 g/mol. The van der Waals surface area contributed by atoms with Gasteiger partial charge in [-0.3, -0.25) is 14.4 Å². The molecule has 0 spiro atoms. The molecule has 2 N–H and O–H groups in total. The van der Waals surface area contributed by atoms with Crippen LogP contribution < -0.4 is 10.9 Å². The zero-order valence-electron chi connectivity index (χ0n) is 17.4. The van der Waals surface area contributed by atoms with Crippen molar-refractivity contribution >= 4 is 34.2 Å². The van der Waals surface area contributed by atoms with Crippen LogP contribution in [0.5, 0.6) is 0 Å². The minimum atomic E-state index is -0.765. The highest BCUT2D eigenvalue weighted by molar-refractivity contribution is 5.94. The van der Waals surface area contributed by atoms with E-state index in [-0.39, 0.29) is 23.4 Å². The molecule has 164 valence electrons. The first kappa shape index (κ1) is 21.3. The number of H-pyrrole nitrogens is 1. The molecule has 2 heterocycles. The summed E-state index contributed by atoms with van der Waals surface area (Å²) < 4.78 is 5.12. The van der Waals surface area contributed by atoms with Crippen LogP contribution in [0.25, 0.3) is 10.8 Å². The number of piperidine rings is 1. The summed E-state index contributed by atoms with van der Waals surface area (Å²) in [5.41, 5.74) is 0.352. The lowest BCUT2D eigenvalue weighted by Crippen LogP contribution is -2.43. The van der Waals surface area contributed by atoms with E-state index in [4.69, 9.17) is 4.74 Å². The molecule has 0 atom stereocenters. The number of nitrogens with one attached hydrogen (secondary N) is 2. The Balaban J connectivity index is 1.27. The zero-order chi connectivity index (χ0) is 22.5. The lowest BCUT2D eigenvalue weighted by molar-refractivity contribution is -0.137. The fourth-order valence-electron chi connectivity index (χ4n) is 3.77. The van der Waals surface area contributed by atoms with Gasteiger partial charge in [-0.2, -0.15) is 0 Å². The number of pyridine rings is 1. The van der Waals surface area contributed by atoms with Crippen LogP contribution in [0, 0.1) is 5.92 Å². The van der Waals surface area contributed by atoms with E-state index in [0.717, 1.165) is 5.69 Å². The SMILES string of the molecule is O=C(OCC(=O)N1CCC(C(=O)Nc2ccccc2)CC1)c1cc2ccccc2c(=O)[nH]1. The standard InChI is InChI=1S/C24H23N3O5/c28-21(15-32-24(31)20-14-17-6-4-5-9-19(17)23(30)26-20)27-12-10-16(11-13-27)22(29)25-18-7-2-1-3-8-18/h1-9,14,16H,10-13,15H2,(H,25,29)(H,26,30). The number of anilines is 1. The van der Waals surface area contributed by atoms with Crippen molar-refractivity contribution in [1.29, 1.82) is 0 Å². The number of rotatable bonds is 5. The van der Waals surface area contributed by atoms with E-state index in [1.165, 1.54) is 6.07 Å². The van der Waals surface area contributed by atoms with Gasteiger partial charge in [0.15, 0.2) is 6.61 Å². The van der Waals surface area contributed by atoms with Gasteiger partial charge in [0.2, 0.25) is 5.91 Å². The van der Waals surface area contributed by atoms with Crippen LogP contribution in [0.15, 0.2) is 65.5 Å². The van der Waals surface area contributed by atoms with Crippen molar-refractivity contribution in [3.8, 4) is 0 Å². The Morgan fingerprint density at radius 1 is 1.00 bits per heavy atom. The van der Waals surface area contributed by atoms with E-state index >= 15 is 0 Å². The van der Waals surface area contributed by atoms with Gasteiger partial charge in [-0.15, -0.1) is 0 Å². The van der Waals surface area contributed by atoms with Gasteiger partial charge >= 0.3 is 5.97 Å². The number of fused-ring (bicyclic) bond motifs is 1. The number of ether oxygens (including phenoxy) is 1. The van der Waals surface area contributed by atoms with E-state index in [1.54, 1.807) is 29.2 Å². The molecule has 2 aromatic carbocycles. The Bertz CT molecular complexity index is 1200. The van der Waals surface area contributed by atoms with Gasteiger partial charge in [-0.05, 0) is 42.5 Å². The lowest BCUT2D eigenvalue weighted by Gasteiger charge is -2.31. The molecular weight excluding hydrogens is 410 g/mol. The van der Waals surface area contributed by atoms with Crippen LogP contribution in [-0.4, -0.2) is 47.4 Å². The zero-order valence-corrected chi connectivity index (χ0v) is 17.4. The first-order chi connectivity index (χ1) is 15.5. The topological polar surface area (TPSA) is 109 Å². The normalized spacial score (nSPS) is 14.2. The highest BCUT2D eigenvalue weighted by atomic mass is 16.5. The number of likely N-dealkylation sites (tertiary alicyclic amines) is 1. The first-order valence-corrected chi connectivity index (χ1v) is 10.4. The Morgan fingerprint density at radius 2 is 1.69 bits per heavy atom. The third kappa shape index (κ3) is 4.85. The molecule has 1 aliphatic heterocycles. The van der Waals surface area contributed by atoms with Crippen molar-refractivity contribution in [2.24, 2.45) is 5.92 Å². The fraction of sp³-hybridized carbons (Fsp3) is 0.250.